The topological polar surface area (TPSA) is 47.5 Å². The lowest BCUT2D eigenvalue weighted by Crippen LogP contribution is -2.45. The molecule has 2 fully saturated rings. The van der Waals surface area contributed by atoms with Crippen molar-refractivity contribution in [3.05, 3.63) is 12.3 Å². The largest absolute Gasteiger partial charge is 0.347 e. The first-order valence-electron chi connectivity index (χ1n) is 6.21. The van der Waals surface area contributed by atoms with Crippen molar-refractivity contribution in [2.75, 3.05) is 37.5 Å². The fraction of sp³-hybridized carbons (Fsp3) is 0.667. The molecule has 1 spiro atoms. The number of ether oxygens (including phenoxy) is 2. The van der Waals surface area contributed by atoms with Gasteiger partial charge in [0, 0.05) is 32.1 Å². The van der Waals surface area contributed by atoms with Crippen LogP contribution in [0.1, 0.15) is 12.8 Å². The number of anilines is 1. The van der Waals surface area contributed by atoms with E-state index in [1.807, 2.05) is 18.5 Å². The van der Waals surface area contributed by atoms with Gasteiger partial charge in [-0.1, -0.05) is 0 Å². The summed E-state index contributed by atoms with van der Waals surface area (Å²) in [5, 5.41) is 1.01. The minimum Gasteiger partial charge on any atom is -0.347 e. The van der Waals surface area contributed by atoms with Gasteiger partial charge in [-0.05, 0) is 12.3 Å². The van der Waals surface area contributed by atoms with Crippen molar-refractivity contribution in [1.82, 2.24) is 9.97 Å². The number of nitrogens with zero attached hydrogens (tertiary/aromatic N) is 3. The SMILES string of the molecule is CSc1ccnc(N2CCC3(CC2)OCCO3)n1. The highest BCUT2D eigenvalue weighted by Crippen LogP contribution is 2.32. The molecule has 2 aliphatic heterocycles. The zero-order valence-electron chi connectivity index (χ0n) is 10.5. The van der Waals surface area contributed by atoms with Crippen LogP contribution in [0.15, 0.2) is 17.3 Å². The molecule has 98 valence electrons. The summed E-state index contributed by atoms with van der Waals surface area (Å²) < 4.78 is 11.4. The Labute approximate surface area is 111 Å². The van der Waals surface area contributed by atoms with Gasteiger partial charge in [0.25, 0.3) is 0 Å². The summed E-state index contributed by atoms with van der Waals surface area (Å²) in [4.78, 5) is 11.1. The molecule has 5 nitrogen and oxygen atoms in total. The Morgan fingerprint density at radius 2 is 2.00 bits per heavy atom. The van der Waals surface area contributed by atoms with Gasteiger partial charge >= 0.3 is 0 Å². The highest BCUT2D eigenvalue weighted by molar-refractivity contribution is 7.98. The molecule has 6 heteroatoms. The molecule has 1 aromatic rings. The van der Waals surface area contributed by atoms with Gasteiger partial charge in [0.05, 0.1) is 13.2 Å². The van der Waals surface area contributed by atoms with Crippen molar-refractivity contribution in [3.8, 4) is 0 Å². The highest BCUT2D eigenvalue weighted by atomic mass is 32.2. The number of piperidine rings is 1. The minimum atomic E-state index is -0.326. The summed E-state index contributed by atoms with van der Waals surface area (Å²) in [6.07, 6.45) is 5.62. The van der Waals surface area contributed by atoms with Crippen molar-refractivity contribution in [2.45, 2.75) is 23.7 Å². The zero-order chi connectivity index (χ0) is 12.4. The Hall–Kier alpha value is -0.850. The minimum absolute atomic E-state index is 0.326. The van der Waals surface area contributed by atoms with Crippen LogP contribution < -0.4 is 4.90 Å². The van der Waals surface area contributed by atoms with E-state index in [1.54, 1.807) is 11.8 Å². The van der Waals surface area contributed by atoms with Gasteiger partial charge in [-0.15, -0.1) is 11.8 Å². The van der Waals surface area contributed by atoms with Crippen molar-refractivity contribution < 1.29 is 9.47 Å². The van der Waals surface area contributed by atoms with Crippen molar-refractivity contribution in [3.63, 3.8) is 0 Å². The third kappa shape index (κ3) is 2.32. The number of thioether (sulfide) groups is 1. The molecule has 0 bridgehead atoms. The van der Waals surface area contributed by atoms with Crippen LogP contribution in [0.25, 0.3) is 0 Å². The number of rotatable bonds is 2. The molecular weight excluding hydrogens is 250 g/mol. The Kier molecular flexibility index (Phi) is 3.41. The number of hydrogen-bond donors (Lipinski definition) is 0. The van der Waals surface area contributed by atoms with E-state index >= 15 is 0 Å². The molecule has 18 heavy (non-hydrogen) atoms. The maximum Gasteiger partial charge on any atom is 0.226 e. The Morgan fingerprint density at radius 3 is 2.67 bits per heavy atom. The monoisotopic (exact) mass is 267 g/mol. The maximum absolute atomic E-state index is 5.72. The maximum atomic E-state index is 5.72. The normalized spacial score (nSPS) is 22.6. The molecule has 0 radical (unpaired) electrons. The lowest BCUT2D eigenvalue weighted by atomic mass is 10.0. The van der Waals surface area contributed by atoms with E-state index in [4.69, 9.17) is 9.47 Å². The quantitative estimate of drug-likeness (QED) is 0.598. The van der Waals surface area contributed by atoms with Crippen molar-refractivity contribution in [1.29, 1.82) is 0 Å². The van der Waals surface area contributed by atoms with E-state index in [0.29, 0.717) is 0 Å². The highest BCUT2D eigenvalue weighted by Gasteiger charge is 2.40. The van der Waals surface area contributed by atoms with E-state index in [9.17, 15) is 0 Å². The first-order valence-corrected chi connectivity index (χ1v) is 7.44. The molecule has 0 unspecified atom stereocenters. The van der Waals surface area contributed by atoms with Gasteiger partial charge < -0.3 is 14.4 Å². The average molecular weight is 267 g/mol. The van der Waals surface area contributed by atoms with Crippen LogP contribution in [0.5, 0.6) is 0 Å². The summed E-state index contributed by atoms with van der Waals surface area (Å²) >= 11 is 1.64. The average Bonchev–Trinajstić information content (AvgIpc) is 2.88. The lowest BCUT2D eigenvalue weighted by Gasteiger charge is -2.37. The summed E-state index contributed by atoms with van der Waals surface area (Å²) in [6, 6.07) is 1.93. The zero-order valence-corrected chi connectivity index (χ0v) is 11.3. The summed E-state index contributed by atoms with van der Waals surface area (Å²) in [7, 11) is 0. The van der Waals surface area contributed by atoms with Crippen LogP contribution in [-0.4, -0.2) is 48.3 Å². The van der Waals surface area contributed by atoms with E-state index < -0.39 is 0 Å². The number of aromatic nitrogens is 2. The van der Waals surface area contributed by atoms with Crippen molar-refractivity contribution in [2.24, 2.45) is 0 Å². The summed E-state index contributed by atoms with van der Waals surface area (Å²) in [6.45, 7) is 3.21. The van der Waals surface area contributed by atoms with Crippen LogP contribution in [0.3, 0.4) is 0 Å². The van der Waals surface area contributed by atoms with Gasteiger partial charge in [-0.2, -0.15) is 0 Å². The van der Waals surface area contributed by atoms with E-state index in [0.717, 1.165) is 50.1 Å². The van der Waals surface area contributed by atoms with Crippen LogP contribution in [0.2, 0.25) is 0 Å². The molecule has 0 amide bonds. The third-order valence-corrected chi connectivity index (χ3v) is 4.09. The molecule has 1 aromatic heterocycles. The molecule has 0 N–H and O–H groups in total. The van der Waals surface area contributed by atoms with E-state index in [-0.39, 0.29) is 5.79 Å². The molecule has 0 atom stereocenters. The van der Waals surface area contributed by atoms with Crippen LogP contribution >= 0.6 is 11.8 Å². The van der Waals surface area contributed by atoms with E-state index in [2.05, 4.69) is 14.9 Å². The molecule has 2 saturated heterocycles. The molecule has 2 aliphatic rings. The lowest BCUT2D eigenvalue weighted by molar-refractivity contribution is -0.169. The smallest absolute Gasteiger partial charge is 0.226 e. The fourth-order valence-corrected chi connectivity index (χ4v) is 2.80. The third-order valence-electron chi connectivity index (χ3n) is 3.45. The van der Waals surface area contributed by atoms with Crippen molar-refractivity contribution >= 4 is 17.7 Å². The second-order valence-electron chi connectivity index (χ2n) is 4.49. The van der Waals surface area contributed by atoms with Gasteiger partial charge in [0.2, 0.25) is 5.95 Å². The van der Waals surface area contributed by atoms with Crippen LogP contribution in [-0.2, 0) is 9.47 Å². The second-order valence-corrected chi connectivity index (χ2v) is 5.32. The molecule has 3 rings (SSSR count). The standard InChI is InChI=1S/C12H17N3O2S/c1-18-10-2-5-13-11(14-10)15-6-3-12(4-7-15)16-8-9-17-12/h2,5H,3-4,6-9H2,1H3. The fourth-order valence-electron chi connectivity index (χ4n) is 2.43. The molecule has 0 aliphatic carbocycles. The first-order chi connectivity index (χ1) is 8.81. The van der Waals surface area contributed by atoms with Crippen LogP contribution in [0.4, 0.5) is 5.95 Å². The van der Waals surface area contributed by atoms with Gasteiger partial charge in [0.15, 0.2) is 5.79 Å². The first kappa shape index (κ1) is 12.2. The van der Waals surface area contributed by atoms with Gasteiger partial charge in [-0.3, -0.25) is 0 Å². The summed E-state index contributed by atoms with van der Waals surface area (Å²) in [5.74, 6) is 0.489. The second kappa shape index (κ2) is 5.03. The van der Waals surface area contributed by atoms with Crippen LogP contribution in [0, 0.1) is 0 Å². The molecule has 0 saturated carbocycles. The molecule has 0 aromatic carbocycles. The molecule has 3 heterocycles. The molecular formula is C12H17N3O2S. The predicted molar refractivity (Wildman–Crippen MR) is 69.9 cm³/mol. The Morgan fingerprint density at radius 1 is 1.28 bits per heavy atom. The Balaban J connectivity index is 1.68. The summed E-state index contributed by atoms with van der Waals surface area (Å²) in [5.41, 5.74) is 0. The Bertz CT molecular complexity index is 414. The predicted octanol–water partition coefficient (Wildman–Crippen LogP) is 1.54. The van der Waals surface area contributed by atoms with Gasteiger partial charge in [0.1, 0.15) is 5.03 Å². The van der Waals surface area contributed by atoms with E-state index in [1.165, 1.54) is 0 Å². The van der Waals surface area contributed by atoms with Gasteiger partial charge in [-0.25, -0.2) is 9.97 Å². The number of hydrogen-bond acceptors (Lipinski definition) is 6.